The van der Waals surface area contributed by atoms with E-state index < -0.39 is 34.7 Å². The maximum atomic E-state index is 15.9. The summed E-state index contributed by atoms with van der Waals surface area (Å²) >= 11 is 0. The molecule has 1 saturated carbocycles. The average Bonchev–Trinajstić information content (AvgIpc) is 4.02. The molecule has 0 spiro atoms. The Labute approximate surface area is 311 Å². The van der Waals surface area contributed by atoms with Crippen molar-refractivity contribution in [3.8, 4) is 0 Å². The molecule has 12 nitrogen and oxygen atoms in total. The topological polar surface area (TPSA) is 131 Å². The molecular weight excluding hydrogens is 691 g/mol. The number of hydrogen-bond donors (Lipinski definition) is 2. The fourth-order valence-electron chi connectivity index (χ4n) is 7.12. The van der Waals surface area contributed by atoms with Crippen LogP contribution in [0, 0.1) is 12.7 Å². The Kier molecular flexibility index (Phi) is 10.8. The molecule has 0 radical (unpaired) electrons. The van der Waals surface area contributed by atoms with Crippen molar-refractivity contribution in [2.24, 2.45) is 0 Å². The number of carbonyl (C=O) groups is 1. The van der Waals surface area contributed by atoms with Crippen LogP contribution in [-0.2, 0) is 29.0 Å². The molecule has 1 atom stereocenters. The molecule has 2 aliphatic rings. The number of nitrogens with zero attached hydrogens (tertiary/aromatic N) is 4. The van der Waals surface area contributed by atoms with Gasteiger partial charge in [-0.25, -0.2) is 14.0 Å². The van der Waals surface area contributed by atoms with Crippen molar-refractivity contribution >= 4 is 34.1 Å². The first kappa shape index (κ1) is 36.8. The van der Waals surface area contributed by atoms with E-state index in [0.29, 0.717) is 49.8 Å². The lowest BCUT2D eigenvalue weighted by Crippen LogP contribution is -2.54. The van der Waals surface area contributed by atoms with E-state index in [0.717, 1.165) is 35.1 Å². The molecule has 2 N–H and O–H groups in total. The number of H-pyrrole nitrogens is 1. The monoisotopic (exact) mass is 736 g/mol. The Balaban J connectivity index is 1.06. The smallest absolute Gasteiger partial charge is 0.343 e. The van der Waals surface area contributed by atoms with E-state index in [2.05, 4.69) is 17.2 Å². The Morgan fingerprint density at radius 1 is 0.981 bits per heavy atom. The van der Waals surface area contributed by atoms with Gasteiger partial charge in [-0.2, -0.15) is 0 Å². The van der Waals surface area contributed by atoms with Gasteiger partial charge in [-0.15, -0.1) is 0 Å². The Hall–Kier alpha value is -5.53. The highest BCUT2D eigenvalue weighted by molar-refractivity contribution is 5.94. The van der Waals surface area contributed by atoms with Crippen molar-refractivity contribution in [3.63, 3.8) is 0 Å². The van der Waals surface area contributed by atoms with Crippen LogP contribution in [0.25, 0.3) is 10.9 Å². The van der Waals surface area contributed by atoms with E-state index >= 15 is 4.39 Å². The first-order valence-electron chi connectivity index (χ1n) is 18.5. The summed E-state index contributed by atoms with van der Waals surface area (Å²) in [5.41, 5.74) is 3.15. The van der Waals surface area contributed by atoms with E-state index in [1.807, 2.05) is 76.7 Å². The molecule has 1 unspecified atom stereocenters. The fraction of sp³-hybridized carbons (Fsp3) is 0.366. The number of aryl methyl sites for hydroxylation is 2. The molecule has 13 heteroatoms. The van der Waals surface area contributed by atoms with E-state index in [4.69, 9.17) is 9.47 Å². The van der Waals surface area contributed by atoms with Gasteiger partial charge >= 0.3 is 11.7 Å². The van der Waals surface area contributed by atoms with Gasteiger partial charge in [0.05, 0.1) is 17.7 Å². The number of hydrogen-bond acceptors (Lipinski definition) is 9. The van der Waals surface area contributed by atoms with Crippen molar-refractivity contribution in [1.82, 2.24) is 19.0 Å². The number of ether oxygens (including phenoxy) is 2. The summed E-state index contributed by atoms with van der Waals surface area (Å²) < 4.78 is 30.4. The molecule has 0 bridgehead atoms. The molecule has 7 rings (SSSR count). The summed E-state index contributed by atoms with van der Waals surface area (Å²) in [7, 11) is 0. The summed E-state index contributed by atoms with van der Waals surface area (Å²) in [6, 6.07) is 19.5. The predicted molar refractivity (Wildman–Crippen MR) is 206 cm³/mol. The minimum absolute atomic E-state index is 0.0148. The average molecular weight is 737 g/mol. The lowest BCUT2D eigenvalue weighted by atomic mass is 10.1. The first-order valence-corrected chi connectivity index (χ1v) is 18.5. The van der Waals surface area contributed by atoms with Crippen LogP contribution in [0.3, 0.4) is 0 Å². The molecule has 282 valence electrons. The van der Waals surface area contributed by atoms with Gasteiger partial charge in [-0.1, -0.05) is 43.3 Å². The van der Waals surface area contributed by atoms with Crippen molar-refractivity contribution in [2.45, 2.75) is 65.5 Å². The molecule has 3 heterocycles. The van der Waals surface area contributed by atoms with Gasteiger partial charge in [-0.3, -0.25) is 24.0 Å². The van der Waals surface area contributed by atoms with Gasteiger partial charge in [0.2, 0.25) is 5.43 Å². The standard InChI is InChI=1S/C41H45FN6O6/c1-4-28-19-29(12-11-26(28)3)43-36-22-37(49)48(41(52)44-36)24-38(53-5-2)46-17-15-45(16-18-46)35-21-34-31(20-33(35)42)39(50)32(23-47(34)30-13-14-30)40(51)54-25-27-9-7-6-8-10-27/h6-12,19-23,30,38,43H,4-5,13-18,24-25H2,1-3H3,(H,44,52). The van der Waals surface area contributed by atoms with E-state index in [9.17, 15) is 19.2 Å². The third-order valence-electron chi connectivity index (χ3n) is 10.3. The Bertz CT molecular complexity index is 2310. The second-order valence-electron chi connectivity index (χ2n) is 13.9. The summed E-state index contributed by atoms with van der Waals surface area (Å²) in [6.45, 7) is 8.20. The molecule has 0 amide bonds. The number of esters is 1. The largest absolute Gasteiger partial charge is 0.457 e. The van der Waals surface area contributed by atoms with Gasteiger partial charge in [0, 0.05) is 62.2 Å². The number of nitrogens with one attached hydrogen (secondary N) is 2. The number of halogens is 1. The summed E-state index contributed by atoms with van der Waals surface area (Å²) in [4.78, 5) is 59.8. The number of fused-ring (bicyclic) bond motifs is 1. The summed E-state index contributed by atoms with van der Waals surface area (Å²) in [6.07, 6.45) is 3.62. The van der Waals surface area contributed by atoms with Gasteiger partial charge < -0.3 is 24.3 Å². The number of aromatic nitrogens is 3. The zero-order valence-electron chi connectivity index (χ0n) is 30.8. The fourth-order valence-corrected chi connectivity index (χ4v) is 7.12. The SMILES string of the molecule is CCOC(Cn1c(=O)cc(Nc2ccc(C)c(CC)c2)[nH]c1=O)N1CCN(c2cc3c(cc2F)c(=O)c(C(=O)OCc2ccccc2)cn3C2CC2)CC1. The van der Waals surface area contributed by atoms with Crippen LogP contribution < -0.4 is 26.9 Å². The van der Waals surface area contributed by atoms with E-state index in [-0.39, 0.29) is 30.1 Å². The van der Waals surface area contributed by atoms with Crippen LogP contribution in [0.1, 0.15) is 59.8 Å². The Morgan fingerprint density at radius 3 is 2.43 bits per heavy atom. The number of benzene rings is 3. The van der Waals surface area contributed by atoms with Crippen LogP contribution in [0.5, 0.6) is 0 Å². The molecule has 5 aromatic rings. The number of pyridine rings is 1. The third kappa shape index (κ3) is 7.87. The van der Waals surface area contributed by atoms with Crippen molar-refractivity contribution in [1.29, 1.82) is 0 Å². The predicted octanol–water partition coefficient (Wildman–Crippen LogP) is 5.48. The van der Waals surface area contributed by atoms with Gasteiger partial charge in [-0.05, 0) is 74.1 Å². The minimum atomic E-state index is -0.741. The lowest BCUT2D eigenvalue weighted by molar-refractivity contribution is -0.0673. The normalized spacial score (nSPS) is 15.4. The second-order valence-corrected chi connectivity index (χ2v) is 13.9. The van der Waals surface area contributed by atoms with Crippen molar-refractivity contribution < 1.29 is 18.7 Å². The molecule has 1 aliphatic heterocycles. The van der Waals surface area contributed by atoms with E-state index in [1.165, 1.54) is 23.3 Å². The lowest BCUT2D eigenvalue weighted by Gasteiger charge is -2.40. The third-order valence-corrected chi connectivity index (χ3v) is 10.3. The molecule has 3 aromatic carbocycles. The molecule has 54 heavy (non-hydrogen) atoms. The van der Waals surface area contributed by atoms with Crippen LogP contribution >= 0.6 is 0 Å². The molecule has 2 aromatic heterocycles. The first-order chi connectivity index (χ1) is 26.1. The zero-order chi connectivity index (χ0) is 37.9. The minimum Gasteiger partial charge on any atom is -0.457 e. The highest BCUT2D eigenvalue weighted by Gasteiger charge is 2.30. The number of piperazine rings is 1. The van der Waals surface area contributed by atoms with Gasteiger partial charge in [0.25, 0.3) is 5.56 Å². The number of carbonyl (C=O) groups excluding carboxylic acids is 1. The molecular formula is C41H45FN6O6. The molecule has 1 saturated heterocycles. The van der Waals surface area contributed by atoms with Gasteiger partial charge in [0.1, 0.15) is 30.0 Å². The molecule has 1 aliphatic carbocycles. The Morgan fingerprint density at radius 2 is 1.74 bits per heavy atom. The van der Waals surface area contributed by atoms with Crippen molar-refractivity contribution in [3.05, 3.63) is 132 Å². The van der Waals surface area contributed by atoms with Crippen LogP contribution in [-0.4, -0.2) is 64.0 Å². The maximum Gasteiger partial charge on any atom is 0.343 e. The van der Waals surface area contributed by atoms with Crippen LogP contribution in [0.2, 0.25) is 0 Å². The highest BCUT2D eigenvalue weighted by Crippen LogP contribution is 2.38. The second kappa shape index (κ2) is 15.8. The highest BCUT2D eigenvalue weighted by atomic mass is 19.1. The number of rotatable bonds is 13. The number of anilines is 3. The van der Waals surface area contributed by atoms with Crippen LogP contribution in [0.4, 0.5) is 21.6 Å². The summed E-state index contributed by atoms with van der Waals surface area (Å²) in [5, 5.41) is 3.27. The van der Waals surface area contributed by atoms with Gasteiger partial charge in [0.15, 0.2) is 0 Å². The van der Waals surface area contributed by atoms with Crippen LogP contribution in [0.15, 0.2) is 87.3 Å². The quantitative estimate of drug-likeness (QED) is 0.151. The van der Waals surface area contributed by atoms with Crippen molar-refractivity contribution in [2.75, 3.05) is 43.0 Å². The molecule has 2 fully saturated rings. The summed E-state index contributed by atoms with van der Waals surface area (Å²) in [5.74, 6) is -0.999. The van der Waals surface area contributed by atoms with E-state index in [1.54, 1.807) is 12.3 Å². The maximum absolute atomic E-state index is 15.9. The number of aromatic amines is 1. The zero-order valence-corrected chi connectivity index (χ0v) is 30.8.